The number of hydrogen-bond donors (Lipinski definition) is 1. The zero-order valence-corrected chi connectivity index (χ0v) is 7.72. The third-order valence-electron chi connectivity index (χ3n) is 1.56. The summed E-state index contributed by atoms with van der Waals surface area (Å²) in [6, 6.07) is 0. The van der Waals surface area contributed by atoms with Crippen molar-refractivity contribution in [3.8, 4) is 0 Å². The first-order chi connectivity index (χ1) is 5.60. The van der Waals surface area contributed by atoms with E-state index >= 15 is 0 Å². The Morgan fingerprint density at radius 2 is 2.00 bits per heavy atom. The Kier molecular flexibility index (Phi) is 5.08. The number of carbonyl (C=O) groups excluding carboxylic acids is 2. The fourth-order valence-corrected chi connectivity index (χ4v) is 0.859. The first-order valence-electron chi connectivity index (χ1n) is 3.87. The Morgan fingerprint density at radius 1 is 1.42 bits per heavy atom. The average Bonchev–Trinajstić information content (AvgIpc) is 2.03. The van der Waals surface area contributed by atoms with E-state index in [1.807, 2.05) is 6.92 Å². The largest absolute Gasteiger partial charge is 0.469 e. The molecule has 0 saturated heterocycles. The van der Waals surface area contributed by atoms with Gasteiger partial charge in [-0.15, -0.1) is 0 Å². The van der Waals surface area contributed by atoms with Gasteiger partial charge in [0.15, 0.2) is 0 Å². The topological polar surface area (TPSA) is 55.4 Å². The van der Waals surface area contributed by atoms with Crippen molar-refractivity contribution in [3.63, 3.8) is 0 Å². The van der Waals surface area contributed by atoms with E-state index in [9.17, 15) is 9.59 Å². The van der Waals surface area contributed by atoms with E-state index in [2.05, 4.69) is 10.1 Å². The Hall–Kier alpha value is -1.06. The zero-order valence-electron chi connectivity index (χ0n) is 7.72. The molecule has 70 valence electrons. The van der Waals surface area contributed by atoms with Crippen molar-refractivity contribution in [3.05, 3.63) is 0 Å². The molecule has 1 atom stereocenters. The second-order valence-corrected chi connectivity index (χ2v) is 2.76. The van der Waals surface area contributed by atoms with Gasteiger partial charge in [-0.1, -0.05) is 6.92 Å². The molecule has 1 amide bonds. The number of rotatable bonds is 4. The maximum atomic E-state index is 10.8. The molecule has 1 unspecified atom stereocenters. The summed E-state index contributed by atoms with van der Waals surface area (Å²) in [5.74, 6) is -0.282. The maximum Gasteiger partial charge on any atom is 0.305 e. The summed E-state index contributed by atoms with van der Waals surface area (Å²) < 4.78 is 4.47. The Bertz CT molecular complexity index is 150. The van der Waals surface area contributed by atoms with Crippen LogP contribution in [-0.4, -0.2) is 26.0 Å². The van der Waals surface area contributed by atoms with E-state index < -0.39 is 0 Å². The standard InChI is InChI=1S/C8H15NO3/c1-6(4-7(10)9-2)5-8(11)12-3/h6H,4-5H2,1-3H3,(H,9,10). The van der Waals surface area contributed by atoms with Gasteiger partial charge in [0.2, 0.25) is 5.91 Å². The summed E-state index contributed by atoms with van der Waals surface area (Å²) in [7, 11) is 2.92. The lowest BCUT2D eigenvalue weighted by Crippen LogP contribution is -2.21. The quantitative estimate of drug-likeness (QED) is 0.623. The van der Waals surface area contributed by atoms with Gasteiger partial charge in [0.05, 0.1) is 7.11 Å². The summed E-state index contributed by atoms with van der Waals surface area (Å²) >= 11 is 0. The molecule has 0 heterocycles. The fraction of sp³-hybridized carbons (Fsp3) is 0.750. The molecule has 0 bridgehead atoms. The fourth-order valence-electron chi connectivity index (χ4n) is 0.859. The molecule has 12 heavy (non-hydrogen) atoms. The number of hydrogen-bond acceptors (Lipinski definition) is 3. The number of nitrogens with one attached hydrogen (secondary N) is 1. The number of esters is 1. The molecular formula is C8H15NO3. The average molecular weight is 173 g/mol. The molecule has 0 aromatic heterocycles. The molecule has 0 rings (SSSR count). The smallest absolute Gasteiger partial charge is 0.305 e. The highest BCUT2D eigenvalue weighted by Crippen LogP contribution is 2.07. The second kappa shape index (κ2) is 5.57. The van der Waals surface area contributed by atoms with Crippen molar-refractivity contribution in [2.24, 2.45) is 5.92 Å². The molecule has 0 fully saturated rings. The van der Waals surface area contributed by atoms with Crippen LogP contribution in [0.3, 0.4) is 0 Å². The highest BCUT2D eigenvalue weighted by Gasteiger charge is 2.12. The minimum absolute atomic E-state index is 0.0393. The van der Waals surface area contributed by atoms with Crippen LogP contribution >= 0.6 is 0 Å². The molecular weight excluding hydrogens is 158 g/mol. The van der Waals surface area contributed by atoms with Gasteiger partial charge in [-0.3, -0.25) is 9.59 Å². The van der Waals surface area contributed by atoms with E-state index in [1.54, 1.807) is 7.05 Å². The number of ether oxygens (including phenoxy) is 1. The second-order valence-electron chi connectivity index (χ2n) is 2.76. The first kappa shape index (κ1) is 10.9. The summed E-state index contributed by atoms with van der Waals surface area (Å²) in [5, 5.41) is 2.50. The zero-order chi connectivity index (χ0) is 9.56. The van der Waals surface area contributed by atoms with Gasteiger partial charge in [0.25, 0.3) is 0 Å². The van der Waals surface area contributed by atoms with Crippen molar-refractivity contribution in [1.29, 1.82) is 0 Å². The van der Waals surface area contributed by atoms with E-state index in [0.29, 0.717) is 12.8 Å². The van der Waals surface area contributed by atoms with Crippen LogP contribution in [0.25, 0.3) is 0 Å². The molecule has 0 saturated carbocycles. The highest BCUT2D eigenvalue weighted by molar-refractivity contribution is 5.77. The molecule has 0 aliphatic carbocycles. The van der Waals surface area contributed by atoms with E-state index in [1.165, 1.54) is 7.11 Å². The Balaban J connectivity index is 3.66. The van der Waals surface area contributed by atoms with Crippen LogP contribution in [0.2, 0.25) is 0 Å². The first-order valence-corrected chi connectivity index (χ1v) is 3.87. The molecule has 4 nitrogen and oxygen atoms in total. The van der Waals surface area contributed by atoms with E-state index in [4.69, 9.17) is 0 Å². The third-order valence-corrected chi connectivity index (χ3v) is 1.56. The maximum absolute atomic E-state index is 10.8. The Labute approximate surface area is 72.3 Å². The van der Waals surface area contributed by atoms with Crippen molar-refractivity contribution >= 4 is 11.9 Å². The van der Waals surface area contributed by atoms with Crippen molar-refractivity contribution < 1.29 is 14.3 Å². The summed E-state index contributed by atoms with van der Waals surface area (Å²) in [6.07, 6.45) is 0.662. The lowest BCUT2D eigenvalue weighted by Gasteiger charge is -2.07. The van der Waals surface area contributed by atoms with Crippen LogP contribution < -0.4 is 5.32 Å². The normalized spacial score (nSPS) is 11.9. The SMILES string of the molecule is CNC(=O)CC(C)CC(=O)OC. The summed E-state index contributed by atoms with van der Waals surface area (Å²) in [5.41, 5.74) is 0. The van der Waals surface area contributed by atoms with Gasteiger partial charge >= 0.3 is 5.97 Å². The monoisotopic (exact) mass is 173 g/mol. The van der Waals surface area contributed by atoms with Crippen LogP contribution in [0.1, 0.15) is 19.8 Å². The molecule has 4 heteroatoms. The molecule has 1 N–H and O–H groups in total. The highest BCUT2D eigenvalue weighted by atomic mass is 16.5. The van der Waals surface area contributed by atoms with E-state index in [0.717, 1.165) is 0 Å². The van der Waals surface area contributed by atoms with Crippen LogP contribution in [0.15, 0.2) is 0 Å². The molecule has 0 aliphatic heterocycles. The minimum atomic E-state index is -0.272. The summed E-state index contributed by atoms with van der Waals surface area (Å²) in [6.45, 7) is 1.84. The van der Waals surface area contributed by atoms with Crippen molar-refractivity contribution in [1.82, 2.24) is 5.32 Å². The predicted octanol–water partition coefficient (Wildman–Crippen LogP) is 0.322. The van der Waals surface area contributed by atoms with Crippen LogP contribution in [0, 0.1) is 5.92 Å². The van der Waals surface area contributed by atoms with Gasteiger partial charge in [0, 0.05) is 19.9 Å². The predicted molar refractivity (Wildman–Crippen MR) is 44.5 cm³/mol. The Morgan fingerprint density at radius 3 is 2.42 bits per heavy atom. The van der Waals surface area contributed by atoms with Crippen molar-refractivity contribution in [2.75, 3.05) is 14.2 Å². The third kappa shape index (κ3) is 4.71. The van der Waals surface area contributed by atoms with Gasteiger partial charge in [-0.25, -0.2) is 0 Å². The molecule has 0 aromatic rings. The number of methoxy groups -OCH3 is 1. The van der Waals surface area contributed by atoms with Gasteiger partial charge in [-0.05, 0) is 5.92 Å². The molecule has 0 aromatic carbocycles. The van der Waals surface area contributed by atoms with Crippen molar-refractivity contribution in [2.45, 2.75) is 19.8 Å². The van der Waals surface area contributed by atoms with Gasteiger partial charge in [0.1, 0.15) is 0 Å². The van der Waals surface area contributed by atoms with E-state index in [-0.39, 0.29) is 17.8 Å². The molecule has 0 spiro atoms. The molecule has 0 radical (unpaired) electrons. The minimum Gasteiger partial charge on any atom is -0.469 e. The van der Waals surface area contributed by atoms with Gasteiger partial charge in [-0.2, -0.15) is 0 Å². The van der Waals surface area contributed by atoms with Crippen LogP contribution in [0.5, 0.6) is 0 Å². The molecule has 0 aliphatic rings. The van der Waals surface area contributed by atoms with Gasteiger partial charge < -0.3 is 10.1 Å². The lowest BCUT2D eigenvalue weighted by atomic mass is 10.0. The summed E-state index contributed by atoms with van der Waals surface area (Å²) in [4.78, 5) is 21.6. The lowest BCUT2D eigenvalue weighted by molar-refractivity contribution is -0.141. The number of carbonyl (C=O) groups is 2. The van der Waals surface area contributed by atoms with Crippen LogP contribution in [0.4, 0.5) is 0 Å². The van der Waals surface area contributed by atoms with Crippen LogP contribution in [-0.2, 0) is 14.3 Å². The number of amides is 1.